The summed E-state index contributed by atoms with van der Waals surface area (Å²) >= 11 is 0. The second-order valence-corrected chi connectivity index (χ2v) is 6.33. The van der Waals surface area contributed by atoms with E-state index in [0.717, 1.165) is 42.3 Å². The molecule has 1 aliphatic rings. The molecule has 0 aliphatic carbocycles. The minimum atomic E-state index is 0.210. The average molecular weight is 338 g/mol. The van der Waals surface area contributed by atoms with Gasteiger partial charge in [-0.25, -0.2) is 15.0 Å². The number of anilines is 2. The molecule has 3 aromatic rings. The maximum Gasteiger partial charge on any atom is 0.203 e. The van der Waals surface area contributed by atoms with Crippen LogP contribution in [0.4, 0.5) is 11.8 Å². The third-order valence-corrected chi connectivity index (χ3v) is 4.85. The summed E-state index contributed by atoms with van der Waals surface area (Å²) in [5.41, 5.74) is 2.13. The quantitative estimate of drug-likeness (QED) is 0.768. The van der Waals surface area contributed by atoms with Gasteiger partial charge in [0.1, 0.15) is 12.1 Å². The van der Waals surface area contributed by atoms with Crippen LogP contribution in [-0.4, -0.2) is 51.9 Å². The molecule has 1 fully saturated rings. The molecular weight excluding hydrogens is 316 g/mol. The van der Waals surface area contributed by atoms with E-state index in [1.165, 1.54) is 0 Å². The molecule has 3 heterocycles. The van der Waals surface area contributed by atoms with Crippen LogP contribution in [0.1, 0.15) is 6.42 Å². The molecule has 0 bridgehead atoms. The van der Waals surface area contributed by atoms with Gasteiger partial charge in [0, 0.05) is 33.4 Å². The lowest BCUT2D eigenvalue weighted by Crippen LogP contribution is -2.36. The molecule has 1 aromatic carbocycles. The Morgan fingerprint density at radius 1 is 1.28 bits per heavy atom. The summed E-state index contributed by atoms with van der Waals surface area (Å²) in [6.07, 6.45) is 4.53. The summed E-state index contributed by atoms with van der Waals surface area (Å²) in [4.78, 5) is 15.4. The summed E-state index contributed by atoms with van der Waals surface area (Å²) in [5, 5.41) is 3.50. The SMILES string of the molecule is CO[C@@H]1C[C@H](CNc2nc3ccccc3n2C)N(c2ccncn2)C1. The van der Waals surface area contributed by atoms with E-state index in [2.05, 4.69) is 35.8 Å². The Morgan fingerprint density at radius 2 is 2.16 bits per heavy atom. The third-order valence-electron chi connectivity index (χ3n) is 4.85. The van der Waals surface area contributed by atoms with Crippen LogP contribution in [-0.2, 0) is 11.8 Å². The molecule has 4 rings (SSSR count). The maximum atomic E-state index is 5.58. The van der Waals surface area contributed by atoms with Gasteiger partial charge in [-0.15, -0.1) is 0 Å². The first-order valence-corrected chi connectivity index (χ1v) is 8.47. The number of ether oxygens (including phenoxy) is 1. The van der Waals surface area contributed by atoms with E-state index in [1.807, 2.05) is 31.3 Å². The van der Waals surface area contributed by atoms with Gasteiger partial charge < -0.3 is 19.5 Å². The van der Waals surface area contributed by atoms with Gasteiger partial charge in [0.2, 0.25) is 5.95 Å². The van der Waals surface area contributed by atoms with Crippen LogP contribution in [0.2, 0.25) is 0 Å². The fourth-order valence-corrected chi connectivity index (χ4v) is 3.48. The highest BCUT2D eigenvalue weighted by Crippen LogP contribution is 2.26. The van der Waals surface area contributed by atoms with E-state index in [-0.39, 0.29) is 6.10 Å². The van der Waals surface area contributed by atoms with E-state index >= 15 is 0 Å². The van der Waals surface area contributed by atoms with Crippen molar-refractivity contribution < 1.29 is 4.74 Å². The average Bonchev–Trinajstić information content (AvgIpc) is 3.22. The number of aryl methyl sites for hydroxylation is 1. The van der Waals surface area contributed by atoms with E-state index in [9.17, 15) is 0 Å². The maximum absolute atomic E-state index is 5.58. The highest BCUT2D eigenvalue weighted by molar-refractivity contribution is 5.78. The Bertz CT molecular complexity index is 849. The molecule has 7 nitrogen and oxygen atoms in total. The van der Waals surface area contributed by atoms with E-state index in [1.54, 1.807) is 19.6 Å². The molecule has 0 amide bonds. The van der Waals surface area contributed by atoms with Crippen LogP contribution >= 0.6 is 0 Å². The summed E-state index contributed by atoms with van der Waals surface area (Å²) in [5.74, 6) is 1.82. The monoisotopic (exact) mass is 338 g/mol. The summed E-state index contributed by atoms with van der Waals surface area (Å²) in [6, 6.07) is 10.4. The van der Waals surface area contributed by atoms with Crippen molar-refractivity contribution in [2.75, 3.05) is 30.4 Å². The number of nitrogens with one attached hydrogen (secondary N) is 1. The number of benzene rings is 1. The molecule has 0 unspecified atom stereocenters. The van der Waals surface area contributed by atoms with Crippen molar-refractivity contribution in [2.45, 2.75) is 18.6 Å². The Morgan fingerprint density at radius 3 is 2.92 bits per heavy atom. The molecule has 0 saturated carbocycles. The van der Waals surface area contributed by atoms with Crippen LogP contribution in [0.15, 0.2) is 42.9 Å². The molecule has 0 spiro atoms. The minimum absolute atomic E-state index is 0.210. The first-order chi connectivity index (χ1) is 12.3. The van der Waals surface area contributed by atoms with Gasteiger partial charge in [-0.2, -0.15) is 0 Å². The predicted octanol–water partition coefficient (Wildman–Crippen LogP) is 2.07. The Labute approximate surface area is 146 Å². The number of hydrogen-bond acceptors (Lipinski definition) is 6. The van der Waals surface area contributed by atoms with Crippen LogP contribution in [0.3, 0.4) is 0 Å². The number of para-hydroxylation sites is 2. The molecule has 2 aromatic heterocycles. The second-order valence-electron chi connectivity index (χ2n) is 6.33. The lowest BCUT2D eigenvalue weighted by atomic mass is 10.2. The summed E-state index contributed by atoms with van der Waals surface area (Å²) in [6.45, 7) is 1.61. The molecule has 1 saturated heterocycles. The summed E-state index contributed by atoms with van der Waals surface area (Å²) in [7, 11) is 3.80. The van der Waals surface area contributed by atoms with Crippen LogP contribution < -0.4 is 10.2 Å². The topological polar surface area (TPSA) is 68.1 Å². The second kappa shape index (κ2) is 6.68. The first-order valence-electron chi connectivity index (χ1n) is 8.47. The van der Waals surface area contributed by atoms with E-state index in [0.29, 0.717) is 6.04 Å². The fraction of sp³-hybridized carbons (Fsp3) is 0.389. The number of nitrogens with zero attached hydrogens (tertiary/aromatic N) is 5. The zero-order valence-corrected chi connectivity index (χ0v) is 14.5. The lowest BCUT2D eigenvalue weighted by Gasteiger charge is -2.25. The molecular formula is C18H22N6O. The van der Waals surface area contributed by atoms with Crippen molar-refractivity contribution in [1.82, 2.24) is 19.5 Å². The van der Waals surface area contributed by atoms with Gasteiger partial charge in [0.05, 0.1) is 23.2 Å². The van der Waals surface area contributed by atoms with Crippen molar-refractivity contribution in [3.63, 3.8) is 0 Å². The standard InChI is InChI=1S/C18H22N6O/c1-23-16-6-4-3-5-15(16)22-18(23)20-10-13-9-14(25-2)11-24(13)17-7-8-19-12-21-17/h3-8,12-14H,9-11H2,1-2H3,(H,20,22)/t13-,14-/m1/s1. The molecule has 7 heteroatoms. The zero-order valence-electron chi connectivity index (χ0n) is 14.5. The van der Waals surface area contributed by atoms with Gasteiger partial charge >= 0.3 is 0 Å². The Kier molecular flexibility index (Phi) is 4.23. The van der Waals surface area contributed by atoms with Crippen LogP contribution in [0, 0.1) is 0 Å². The molecule has 130 valence electrons. The first kappa shape index (κ1) is 15.8. The van der Waals surface area contributed by atoms with Gasteiger partial charge in [0.25, 0.3) is 0 Å². The van der Waals surface area contributed by atoms with E-state index in [4.69, 9.17) is 4.74 Å². The zero-order chi connectivity index (χ0) is 17.2. The van der Waals surface area contributed by atoms with Crippen molar-refractivity contribution in [3.05, 3.63) is 42.9 Å². The van der Waals surface area contributed by atoms with Gasteiger partial charge in [-0.3, -0.25) is 0 Å². The van der Waals surface area contributed by atoms with Crippen molar-refractivity contribution in [2.24, 2.45) is 7.05 Å². The Balaban J connectivity index is 1.52. The highest BCUT2D eigenvalue weighted by Gasteiger charge is 2.33. The molecule has 2 atom stereocenters. The lowest BCUT2D eigenvalue weighted by molar-refractivity contribution is 0.118. The van der Waals surface area contributed by atoms with Crippen LogP contribution in [0.25, 0.3) is 11.0 Å². The fourth-order valence-electron chi connectivity index (χ4n) is 3.48. The smallest absolute Gasteiger partial charge is 0.203 e. The number of methoxy groups -OCH3 is 1. The molecule has 0 radical (unpaired) electrons. The normalized spacial score (nSPS) is 20.3. The van der Waals surface area contributed by atoms with Gasteiger partial charge in [0.15, 0.2) is 0 Å². The predicted molar refractivity (Wildman–Crippen MR) is 97.8 cm³/mol. The number of hydrogen-bond donors (Lipinski definition) is 1. The van der Waals surface area contributed by atoms with Crippen LogP contribution in [0.5, 0.6) is 0 Å². The number of imidazole rings is 1. The van der Waals surface area contributed by atoms with Crippen molar-refractivity contribution >= 4 is 22.8 Å². The largest absolute Gasteiger partial charge is 0.380 e. The summed E-state index contributed by atoms with van der Waals surface area (Å²) < 4.78 is 7.67. The molecule has 25 heavy (non-hydrogen) atoms. The van der Waals surface area contributed by atoms with Crippen molar-refractivity contribution in [1.29, 1.82) is 0 Å². The molecule has 1 aliphatic heterocycles. The van der Waals surface area contributed by atoms with E-state index < -0.39 is 0 Å². The number of rotatable bonds is 5. The van der Waals surface area contributed by atoms with Crippen molar-refractivity contribution in [3.8, 4) is 0 Å². The van der Waals surface area contributed by atoms with Gasteiger partial charge in [-0.05, 0) is 24.6 Å². The number of aromatic nitrogens is 4. The number of fused-ring (bicyclic) bond motifs is 1. The minimum Gasteiger partial charge on any atom is -0.380 e. The third kappa shape index (κ3) is 3.02. The highest BCUT2D eigenvalue weighted by atomic mass is 16.5. The Hall–Kier alpha value is -2.67. The van der Waals surface area contributed by atoms with Gasteiger partial charge in [-0.1, -0.05) is 12.1 Å². The molecule has 1 N–H and O–H groups in total.